The van der Waals surface area contributed by atoms with E-state index in [4.69, 9.17) is 9.47 Å². The summed E-state index contributed by atoms with van der Waals surface area (Å²) in [5.41, 5.74) is -0.250. The number of carboxylic acids is 1. The number of rotatable bonds is 6. The molecule has 1 saturated carbocycles. The Hall–Kier alpha value is -2.28. The van der Waals surface area contributed by atoms with Crippen LogP contribution in [-0.2, 0) is 16.0 Å². The number of fused-ring (bicyclic) bond motifs is 1. The van der Waals surface area contributed by atoms with Gasteiger partial charge in [-0.15, -0.1) is 0 Å². The number of piperidine rings is 1. The number of aliphatic hydroxyl groups is 1. The number of benzene rings is 1. The van der Waals surface area contributed by atoms with Crippen molar-refractivity contribution >= 4 is 11.9 Å². The lowest BCUT2D eigenvalue weighted by molar-refractivity contribution is -0.167. The molecule has 0 aromatic heterocycles. The summed E-state index contributed by atoms with van der Waals surface area (Å²) in [7, 11) is 0. The SMILES string of the molecule is O=C(CCc1ccc2c(c1)OCO2)N1CC[C@@H](O)[C@](CC2CC2)(C(=O)O)C1. The van der Waals surface area contributed by atoms with E-state index in [-0.39, 0.29) is 19.2 Å². The summed E-state index contributed by atoms with van der Waals surface area (Å²) >= 11 is 0. The van der Waals surface area contributed by atoms with Crippen molar-refractivity contribution in [3.63, 3.8) is 0 Å². The van der Waals surface area contributed by atoms with Gasteiger partial charge in [0.1, 0.15) is 5.41 Å². The minimum absolute atomic E-state index is 0.0685. The van der Waals surface area contributed by atoms with E-state index in [1.54, 1.807) is 4.90 Å². The van der Waals surface area contributed by atoms with Crippen LogP contribution >= 0.6 is 0 Å². The Bertz CT molecular complexity index is 746. The maximum Gasteiger partial charge on any atom is 0.314 e. The third-order valence-electron chi connectivity index (χ3n) is 5.98. The fourth-order valence-electron chi connectivity index (χ4n) is 4.13. The molecule has 2 fully saturated rings. The van der Waals surface area contributed by atoms with E-state index in [1.165, 1.54) is 0 Å². The van der Waals surface area contributed by atoms with E-state index >= 15 is 0 Å². The second kappa shape index (κ2) is 7.03. The van der Waals surface area contributed by atoms with Crippen LogP contribution in [0.25, 0.3) is 0 Å². The Labute approximate surface area is 157 Å². The standard InChI is InChI=1S/C20H25NO6/c22-17-7-8-21(11-20(17,19(24)25)10-14-1-2-14)18(23)6-4-13-3-5-15-16(9-13)27-12-26-15/h3,5,9,14,17,22H,1-2,4,6-8,10-12H2,(H,24,25)/t17-,20-/m1/s1. The van der Waals surface area contributed by atoms with Gasteiger partial charge in [0.15, 0.2) is 11.5 Å². The minimum Gasteiger partial charge on any atom is -0.481 e. The Morgan fingerprint density at radius 1 is 1.19 bits per heavy atom. The van der Waals surface area contributed by atoms with Gasteiger partial charge >= 0.3 is 5.97 Å². The summed E-state index contributed by atoms with van der Waals surface area (Å²) in [6.45, 7) is 0.715. The molecule has 1 amide bonds. The summed E-state index contributed by atoms with van der Waals surface area (Å²) in [5.74, 6) is 0.701. The summed E-state index contributed by atoms with van der Waals surface area (Å²) in [6, 6.07) is 5.63. The zero-order valence-electron chi connectivity index (χ0n) is 15.2. The van der Waals surface area contributed by atoms with Gasteiger partial charge in [0.25, 0.3) is 0 Å². The number of hydrogen-bond acceptors (Lipinski definition) is 5. The minimum atomic E-state index is -1.23. The van der Waals surface area contributed by atoms with E-state index in [9.17, 15) is 19.8 Å². The van der Waals surface area contributed by atoms with Gasteiger partial charge in [0.05, 0.1) is 6.10 Å². The van der Waals surface area contributed by atoms with Gasteiger partial charge in [-0.05, 0) is 42.9 Å². The fourth-order valence-corrected chi connectivity index (χ4v) is 4.13. The van der Waals surface area contributed by atoms with E-state index in [0.29, 0.717) is 49.6 Å². The zero-order valence-corrected chi connectivity index (χ0v) is 15.2. The molecule has 2 heterocycles. The van der Waals surface area contributed by atoms with Crippen LogP contribution in [0.5, 0.6) is 11.5 Å². The molecule has 1 aliphatic carbocycles. The number of aryl methyl sites for hydroxylation is 1. The molecule has 7 nitrogen and oxygen atoms in total. The molecule has 2 aliphatic heterocycles. The van der Waals surface area contributed by atoms with Gasteiger partial charge in [-0.1, -0.05) is 18.9 Å². The smallest absolute Gasteiger partial charge is 0.314 e. The first-order valence-electron chi connectivity index (χ1n) is 9.56. The Balaban J connectivity index is 1.40. The lowest BCUT2D eigenvalue weighted by atomic mass is 9.73. The van der Waals surface area contributed by atoms with E-state index in [1.807, 2.05) is 18.2 Å². The molecule has 146 valence electrons. The van der Waals surface area contributed by atoms with Crippen molar-refractivity contribution in [3.05, 3.63) is 23.8 Å². The van der Waals surface area contributed by atoms with Crippen LogP contribution in [0.2, 0.25) is 0 Å². The molecule has 0 spiro atoms. The van der Waals surface area contributed by atoms with Gasteiger partial charge < -0.3 is 24.6 Å². The molecule has 0 bridgehead atoms. The van der Waals surface area contributed by atoms with E-state index < -0.39 is 17.5 Å². The van der Waals surface area contributed by atoms with Crippen molar-refractivity contribution < 1.29 is 29.3 Å². The van der Waals surface area contributed by atoms with Gasteiger partial charge in [0.2, 0.25) is 12.7 Å². The van der Waals surface area contributed by atoms with Crippen LogP contribution in [0.4, 0.5) is 0 Å². The highest BCUT2D eigenvalue weighted by Crippen LogP contribution is 2.45. The number of aliphatic hydroxyl groups excluding tert-OH is 1. The molecule has 2 atom stereocenters. The van der Waals surface area contributed by atoms with Gasteiger partial charge in [0, 0.05) is 19.5 Å². The van der Waals surface area contributed by atoms with Crippen LogP contribution < -0.4 is 9.47 Å². The fraction of sp³-hybridized carbons (Fsp3) is 0.600. The average molecular weight is 375 g/mol. The lowest BCUT2D eigenvalue weighted by Gasteiger charge is -2.43. The maximum absolute atomic E-state index is 12.7. The topological polar surface area (TPSA) is 96.3 Å². The van der Waals surface area contributed by atoms with Crippen molar-refractivity contribution in [3.8, 4) is 11.5 Å². The van der Waals surface area contributed by atoms with Crippen molar-refractivity contribution in [2.45, 2.75) is 44.6 Å². The molecule has 2 N–H and O–H groups in total. The molecule has 4 rings (SSSR count). The molecule has 7 heteroatoms. The molecule has 0 unspecified atom stereocenters. The first-order valence-corrected chi connectivity index (χ1v) is 9.56. The average Bonchev–Trinajstić information content (AvgIpc) is 3.34. The molecular weight excluding hydrogens is 350 g/mol. The quantitative estimate of drug-likeness (QED) is 0.787. The van der Waals surface area contributed by atoms with Crippen molar-refractivity contribution in [2.24, 2.45) is 11.3 Å². The second-order valence-electron chi connectivity index (χ2n) is 7.92. The predicted molar refractivity (Wildman–Crippen MR) is 95.5 cm³/mol. The third kappa shape index (κ3) is 3.60. The van der Waals surface area contributed by atoms with Gasteiger partial charge in [-0.2, -0.15) is 0 Å². The van der Waals surface area contributed by atoms with E-state index in [0.717, 1.165) is 18.4 Å². The van der Waals surface area contributed by atoms with Crippen molar-refractivity contribution in [2.75, 3.05) is 19.9 Å². The Kier molecular flexibility index (Phi) is 4.72. The molecule has 0 radical (unpaired) electrons. The summed E-state index contributed by atoms with van der Waals surface area (Å²) in [6.07, 6.45) is 2.75. The number of nitrogens with zero attached hydrogens (tertiary/aromatic N) is 1. The summed E-state index contributed by atoms with van der Waals surface area (Å²) < 4.78 is 10.6. The van der Waals surface area contributed by atoms with Crippen molar-refractivity contribution in [1.82, 2.24) is 4.90 Å². The summed E-state index contributed by atoms with van der Waals surface area (Å²) in [4.78, 5) is 26.3. The number of ether oxygens (including phenoxy) is 2. The summed E-state index contributed by atoms with van der Waals surface area (Å²) in [5, 5.41) is 20.2. The van der Waals surface area contributed by atoms with Gasteiger partial charge in [-0.25, -0.2) is 0 Å². The van der Waals surface area contributed by atoms with Gasteiger partial charge in [-0.3, -0.25) is 9.59 Å². The second-order valence-corrected chi connectivity index (χ2v) is 7.92. The number of carbonyl (C=O) groups excluding carboxylic acids is 1. The number of likely N-dealkylation sites (tertiary alicyclic amines) is 1. The first-order chi connectivity index (χ1) is 13.0. The number of amides is 1. The maximum atomic E-state index is 12.7. The molecule has 3 aliphatic rings. The molecular formula is C20H25NO6. The van der Waals surface area contributed by atoms with Crippen LogP contribution in [0.1, 0.15) is 37.7 Å². The number of aliphatic carboxylic acids is 1. The Morgan fingerprint density at radius 2 is 1.96 bits per heavy atom. The van der Waals surface area contributed by atoms with Crippen molar-refractivity contribution in [1.29, 1.82) is 0 Å². The normalized spacial score (nSPS) is 26.9. The first kappa shape index (κ1) is 18.1. The zero-order chi connectivity index (χ0) is 19.0. The molecule has 1 saturated heterocycles. The molecule has 1 aromatic rings. The monoisotopic (exact) mass is 375 g/mol. The van der Waals surface area contributed by atoms with Crippen LogP contribution in [-0.4, -0.2) is 53.0 Å². The third-order valence-corrected chi connectivity index (χ3v) is 5.98. The number of carboxylic acid groups (broad SMARTS) is 1. The van der Waals surface area contributed by atoms with Crippen LogP contribution in [0, 0.1) is 11.3 Å². The lowest BCUT2D eigenvalue weighted by Crippen LogP contribution is -2.57. The Morgan fingerprint density at radius 3 is 2.70 bits per heavy atom. The van der Waals surface area contributed by atoms with Crippen LogP contribution in [0.3, 0.4) is 0 Å². The largest absolute Gasteiger partial charge is 0.481 e. The number of carbonyl (C=O) groups is 2. The highest BCUT2D eigenvalue weighted by atomic mass is 16.7. The molecule has 27 heavy (non-hydrogen) atoms. The highest BCUT2D eigenvalue weighted by molar-refractivity contribution is 5.80. The van der Waals surface area contributed by atoms with E-state index in [2.05, 4.69) is 0 Å². The highest BCUT2D eigenvalue weighted by Gasteiger charge is 2.52. The predicted octanol–water partition coefficient (Wildman–Crippen LogP) is 1.81. The van der Waals surface area contributed by atoms with Crippen LogP contribution in [0.15, 0.2) is 18.2 Å². The molecule has 1 aromatic carbocycles. The number of hydrogen-bond donors (Lipinski definition) is 2.